The van der Waals surface area contributed by atoms with E-state index < -0.39 is 6.10 Å². The highest BCUT2D eigenvalue weighted by Gasteiger charge is 2.11. The normalized spacial score (nSPS) is 12.3. The molecule has 2 rings (SSSR count). The zero-order valence-corrected chi connectivity index (χ0v) is 14.0. The molecule has 0 saturated heterocycles. The van der Waals surface area contributed by atoms with Gasteiger partial charge >= 0.3 is 6.03 Å². The second kappa shape index (κ2) is 7.28. The van der Waals surface area contributed by atoms with Crippen LogP contribution in [-0.4, -0.2) is 33.6 Å². The maximum Gasteiger partial charge on any atom is 0.319 e. The third kappa shape index (κ3) is 4.56. The van der Waals surface area contributed by atoms with Gasteiger partial charge in [-0.1, -0.05) is 19.9 Å². The molecule has 1 atom stereocenters. The molecule has 0 aliphatic heterocycles. The number of carbonyl (C=O) groups excluding carboxylic acids is 1. The Hall–Kier alpha value is -2.34. The van der Waals surface area contributed by atoms with E-state index in [4.69, 9.17) is 0 Å². The lowest BCUT2D eigenvalue weighted by molar-refractivity contribution is 0.126. The highest BCUT2D eigenvalue weighted by Crippen LogP contribution is 2.16. The largest absolute Gasteiger partial charge is 0.391 e. The van der Waals surface area contributed by atoms with Crippen LogP contribution < -0.4 is 10.6 Å². The molecule has 0 bridgehead atoms. The fourth-order valence-corrected chi connectivity index (χ4v) is 2.21. The van der Waals surface area contributed by atoms with Crippen molar-refractivity contribution in [3.8, 4) is 5.69 Å². The Morgan fingerprint density at radius 1 is 1.30 bits per heavy atom. The summed E-state index contributed by atoms with van der Waals surface area (Å²) >= 11 is 0. The fourth-order valence-electron chi connectivity index (χ4n) is 2.21. The van der Waals surface area contributed by atoms with Crippen LogP contribution in [0, 0.1) is 19.8 Å². The Bertz CT molecular complexity index is 679. The molecule has 0 fully saturated rings. The van der Waals surface area contributed by atoms with Crippen LogP contribution in [0.3, 0.4) is 0 Å². The zero-order valence-electron chi connectivity index (χ0n) is 14.0. The number of nitrogens with zero attached hydrogens (tertiary/aromatic N) is 2. The van der Waals surface area contributed by atoms with Crippen molar-refractivity contribution in [2.75, 3.05) is 11.9 Å². The summed E-state index contributed by atoms with van der Waals surface area (Å²) < 4.78 is 1.83. The summed E-state index contributed by atoms with van der Waals surface area (Å²) in [7, 11) is 0. The summed E-state index contributed by atoms with van der Waals surface area (Å²) in [4.78, 5) is 11.9. The van der Waals surface area contributed by atoms with Gasteiger partial charge in [-0.2, -0.15) is 5.10 Å². The molecule has 124 valence electrons. The van der Waals surface area contributed by atoms with Gasteiger partial charge in [0.05, 0.1) is 17.5 Å². The highest BCUT2D eigenvalue weighted by atomic mass is 16.3. The number of hydrogen-bond donors (Lipinski definition) is 3. The summed E-state index contributed by atoms with van der Waals surface area (Å²) in [5, 5.41) is 19.6. The van der Waals surface area contributed by atoms with E-state index >= 15 is 0 Å². The molecular weight excluding hydrogens is 292 g/mol. The molecule has 2 aromatic rings. The standard InChI is InChI=1S/C17H24N4O2/c1-11(2)16(22)10-18-17(23)19-14-6-5-7-15(9-14)21-13(4)8-12(3)20-21/h5-9,11,16,22H,10H2,1-4H3,(H2,18,19,23). The molecule has 23 heavy (non-hydrogen) atoms. The molecule has 0 aliphatic carbocycles. The topological polar surface area (TPSA) is 79.2 Å². The van der Waals surface area contributed by atoms with Crippen LogP contribution >= 0.6 is 0 Å². The molecule has 0 aliphatic rings. The van der Waals surface area contributed by atoms with Crippen LogP contribution in [0.4, 0.5) is 10.5 Å². The number of benzene rings is 1. The molecular formula is C17H24N4O2. The van der Waals surface area contributed by atoms with E-state index in [0.29, 0.717) is 5.69 Å². The van der Waals surface area contributed by atoms with Gasteiger partial charge in [0.2, 0.25) is 0 Å². The van der Waals surface area contributed by atoms with E-state index in [0.717, 1.165) is 17.1 Å². The Labute approximate surface area is 136 Å². The second-order valence-electron chi connectivity index (χ2n) is 6.04. The quantitative estimate of drug-likeness (QED) is 0.793. The monoisotopic (exact) mass is 316 g/mol. The van der Waals surface area contributed by atoms with Crippen molar-refractivity contribution in [3.63, 3.8) is 0 Å². The van der Waals surface area contributed by atoms with Crippen molar-refractivity contribution in [2.24, 2.45) is 5.92 Å². The van der Waals surface area contributed by atoms with Gasteiger partial charge in [0.1, 0.15) is 0 Å². The molecule has 2 amide bonds. The molecule has 1 unspecified atom stereocenters. The lowest BCUT2D eigenvalue weighted by Gasteiger charge is -2.15. The summed E-state index contributed by atoms with van der Waals surface area (Å²) in [6.45, 7) is 7.96. The first-order valence-electron chi connectivity index (χ1n) is 7.73. The van der Waals surface area contributed by atoms with Crippen LogP contribution in [-0.2, 0) is 0 Å². The molecule has 6 nitrogen and oxygen atoms in total. The number of urea groups is 1. The van der Waals surface area contributed by atoms with E-state index in [2.05, 4.69) is 15.7 Å². The van der Waals surface area contributed by atoms with Crippen LogP contribution in [0.2, 0.25) is 0 Å². The van der Waals surface area contributed by atoms with E-state index in [1.54, 1.807) is 0 Å². The molecule has 1 heterocycles. The molecule has 6 heteroatoms. The molecule has 3 N–H and O–H groups in total. The van der Waals surface area contributed by atoms with Gasteiger partial charge in [-0.05, 0) is 44.0 Å². The minimum Gasteiger partial charge on any atom is -0.391 e. The SMILES string of the molecule is Cc1cc(C)n(-c2cccc(NC(=O)NCC(O)C(C)C)c2)n1. The van der Waals surface area contributed by atoms with Gasteiger partial charge in [0.25, 0.3) is 0 Å². The molecule has 0 radical (unpaired) electrons. The average Bonchev–Trinajstić information content (AvgIpc) is 2.83. The average molecular weight is 316 g/mol. The summed E-state index contributed by atoms with van der Waals surface area (Å²) in [6.07, 6.45) is -0.554. The summed E-state index contributed by atoms with van der Waals surface area (Å²) in [6, 6.07) is 9.14. The third-order valence-electron chi connectivity index (χ3n) is 3.60. The van der Waals surface area contributed by atoms with Gasteiger partial charge in [-0.15, -0.1) is 0 Å². The first-order chi connectivity index (χ1) is 10.9. The third-order valence-corrected chi connectivity index (χ3v) is 3.60. The number of rotatable bonds is 5. The molecule has 0 spiro atoms. The predicted molar refractivity (Wildman–Crippen MR) is 90.9 cm³/mol. The first kappa shape index (κ1) is 17.0. The number of amides is 2. The molecule has 1 aromatic heterocycles. The maximum atomic E-state index is 11.9. The number of carbonyl (C=O) groups is 1. The minimum atomic E-state index is -0.554. The van der Waals surface area contributed by atoms with Crippen molar-refractivity contribution in [2.45, 2.75) is 33.8 Å². The van der Waals surface area contributed by atoms with E-state index in [-0.39, 0.29) is 18.5 Å². The minimum absolute atomic E-state index is 0.102. The Morgan fingerprint density at radius 2 is 2.04 bits per heavy atom. The van der Waals surface area contributed by atoms with Crippen molar-refractivity contribution in [1.82, 2.24) is 15.1 Å². The van der Waals surface area contributed by atoms with Crippen molar-refractivity contribution >= 4 is 11.7 Å². The van der Waals surface area contributed by atoms with Gasteiger partial charge in [0.15, 0.2) is 0 Å². The van der Waals surface area contributed by atoms with Crippen LogP contribution in [0.15, 0.2) is 30.3 Å². The number of nitrogens with one attached hydrogen (secondary N) is 2. The van der Waals surface area contributed by atoms with Gasteiger partial charge in [0, 0.05) is 17.9 Å². The van der Waals surface area contributed by atoms with Crippen LogP contribution in [0.5, 0.6) is 0 Å². The van der Waals surface area contributed by atoms with E-state index in [1.165, 1.54) is 0 Å². The van der Waals surface area contributed by atoms with Gasteiger partial charge in [-0.25, -0.2) is 9.48 Å². The molecule has 1 aromatic carbocycles. The number of hydrogen-bond acceptors (Lipinski definition) is 3. The fraction of sp³-hybridized carbons (Fsp3) is 0.412. The molecule has 0 saturated carbocycles. The second-order valence-corrected chi connectivity index (χ2v) is 6.04. The van der Waals surface area contributed by atoms with Crippen molar-refractivity contribution in [1.29, 1.82) is 0 Å². The smallest absolute Gasteiger partial charge is 0.319 e. The lowest BCUT2D eigenvalue weighted by atomic mass is 10.1. The number of aliphatic hydroxyl groups is 1. The summed E-state index contributed by atoms with van der Waals surface area (Å²) in [5.41, 5.74) is 3.53. The van der Waals surface area contributed by atoms with Crippen LogP contribution in [0.25, 0.3) is 5.69 Å². The Morgan fingerprint density at radius 3 is 2.65 bits per heavy atom. The summed E-state index contributed by atoms with van der Waals surface area (Å²) in [5.74, 6) is 0.102. The maximum absolute atomic E-state index is 11.9. The predicted octanol–water partition coefficient (Wildman–Crippen LogP) is 2.63. The lowest BCUT2D eigenvalue weighted by Crippen LogP contribution is -2.37. The number of aliphatic hydroxyl groups excluding tert-OH is 1. The highest BCUT2D eigenvalue weighted by molar-refractivity contribution is 5.89. The number of aromatic nitrogens is 2. The van der Waals surface area contributed by atoms with Gasteiger partial charge < -0.3 is 15.7 Å². The zero-order chi connectivity index (χ0) is 17.0. The van der Waals surface area contributed by atoms with E-state index in [1.807, 2.05) is 62.7 Å². The van der Waals surface area contributed by atoms with E-state index in [9.17, 15) is 9.90 Å². The van der Waals surface area contributed by atoms with Crippen molar-refractivity contribution < 1.29 is 9.90 Å². The Kier molecular flexibility index (Phi) is 5.39. The van der Waals surface area contributed by atoms with Crippen molar-refractivity contribution in [3.05, 3.63) is 41.7 Å². The first-order valence-corrected chi connectivity index (χ1v) is 7.73. The van der Waals surface area contributed by atoms with Gasteiger partial charge in [-0.3, -0.25) is 0 Å². The van der Waals surface area contributed by atoms with Crippen LogP contribution in [0.1, 0.15) is 25.2 Å². The number of aryl methyl sites for hydroxylation is 2. The Balaban J connectivity index is 2.03. The number of anilines is 1.